The van der Waals surface area contributed by atoms with Crippen molar-refractivity contribution in [2.75, 3.05) is 0 Å². The number of benzene rings is 1. The van der Waals surface area contributed by atoms with Crippen LogP contribution in [0.4, 0.5) is 4.39 Å². The van der Waals surface area contributed by atoms with Crippen LogP contribution in [0.1, 0.15) is 28.1 Å². The third-order valence-electron chi connectivity index (χ3n) is 3.45. The molecule has 3 aromatic rings. The standard InChI is InChI=1S/C17H15FN4O2S/c1-2-15-20-11(10-25-15)9-19-17(24)13-7-8-16(23)22(21-13)14-6-4-3-5-12(14)18/h3-8,10H,2,9H2,1H3,(H,19,24). The molecular formula is C17H15FN4O2S. The predicted molar refractivity (Wildman–Crippen MR) is 92.5 cm³/mol. The van der Waals surface area contributed by atoms with Gasteiger partial charge < -0.3 is 5.32 Å². The summed E-state index contributed by atoms with van der Waals surface area (Å²) in [7, 11) is 0. The lowest BCUT2D eigenvalue weighted by Gasteiger charge is -2.08. The van der Waals surface area contributed by atoms with Gasteiger partial charge in [0.15, 0.2) is 0 Å². The van der Waals surface area contributed by atoms with Gasteiger partial charge in [0.25, 0.3) is 11.5 Å². The number of amides is 1. The highest BCUT2D eigenvalue weighted by Gasteiger charge is 2.13. The Morgan fingerprint density at radius 1 is 1.28 bits per heavy atom. The first-order chi connectivity index (χ1) is 12.1. The molecule has 0 atom stereocenters. The van der Waals surface area contributed by atoms with Gasteiger partial charge in [-0.05, 0) is 24.6 Å². The summed E-state index contributed by atoms with van der Waals surface area (Å²) in [5, 5.41) is 9.55. The van der Waals surface area contributed by atoms with Gasteiger partial charge in [-0.25, -0.2) is 9.37 Å². The van der Waals surface area contributed by atoms with E-state index in [9.17, 15) is 14.0 Å². The molecule has 0 aliphatic rings. The Balaban J connectivity index is 1.80. The summed E-state index contributed by atoms with van der Waals surface area (Å²) >= 11 is 1.54. The first-order valence-corrected chi connectivity index (χ1v) is 8.53. The van der Waals surface area contributed by atoms with Crippen molar-refractivity contribution in [3.05, 3.63) is 74.3 Å². The van der Waals surface area contributed by atoms with Crippen molar-refractivity contribution in [1.82, 2.24) is 20.1 Å². The molecule has 128 valence electrons. The Kier molecular flexibility index (Phi) is 4.99. The van der Waals surface area contributed by atoms with Crippen molar-refractivity contribution in [1.29, 1.82) is 0 Å². The van der Waals surface area contributed by atoms with Gasteiger partial charge in [0.05, 0.1) is 17.2 Å². The molecule has 6 nitrogen and oxygen atoms in total. The quantitative estimate of drug-likeness (QED) is 0.759. The first kappa shape index (κ1) is 17.0. The zero-order valence-corrected chi connectivity index (χ0v) is 14.2. The number of nitrogens with one attached hydrogen (secondary N) is 1. The minimum atomic E-state index is -0.593. The van der Waals surface area contributed by atoms with Gasteiger partial charge in [-0.2, -0.15) is 9.78 Å². The van der Waals surface area contributed by atoms with E-state index in [0.717, 1.165) is 21.8 Å². The lowest BCUT2D eigenvalue weighted by atomic mass is 10.3. The highest BCUT2D eigenvalue weighted by Crippen LogP contribution is 2.11. The molecule has 0 saturated heterocycles. The molecular weight excluding hydrogens is 343 g/mol. The molecule has 0 radical (unpaired) electrons. The molecule has 0 fully saturated rings. The molecule has 0 bridgehead atoms. The molecule has 0 aliphatic heterocycles. The van der Waals surface area contributed by atoms with Crippen molar-refractivity contribution < 1.29 is 9.18 Å². The first-order valence-electron chi connectivity index (χ1n) is 7.65. The molecule has 1 aromatic carbocycles. The highest BCUT2D eigenvalue weighted by atomic mass is 32.1. The Hall–Kier alpha value is -2.87. The zero-order chi connectivity index (χ0) is 17.8. The van der Waals surface area contributed by atoms with E-state index in [-0.39, 0.29) is 17.9 Å². The van der Waals surface area contributed by atoms with Crippen LogP contribution in [0.5, 0.6) is 0 Å². The van der Waals surface area contributed by atoms with Gasteiger partial charge in [-0.1, -0.05) is 19.1 Å². The van der Waals surface area contributed by atoms with Crippen LogP contribution < -0.4 is 10.9 Å². The minimum absolute atomic E-state index is 0.00533. The maximum Gasteiger partial charge on any atom is 0.272 e. The van der Waals surface area contributed by atoms with Crippen LogP contribution in [-0.2, 0) is 13.0 Å². The van der Waals surface area contributed by atoms with Crippen LogP contribution in [0, 0.1) is 5.82 Å². The van der Waals surface area contributed by atoms with Crippen molar-refractivity contribution in [2.24, 2.45) is 0 Å². The Bertz CT molecular complexity index is 967. The molecule has 8 heteroatoms. The van der Waals surface area contributed by atoms with E-state index in [2.05, 4.69) is 15.4 Å². The maximum absolute atomic E-state index is 13.9. The largest absolute Gasteiger partial charge is 0.345 e. The summed E-state index contributed by atoms with van der Waals surface area (Å²) in [5.41, 5.74) is 0.259. The molecule has 25 heavy (non-hydrogen) atoms. The third kappa shape index (κ3) is 3.80. The SMILES string of the molecule is CCc1nc(CNC(=O)c2ccc(=O)n(-c3ccccc3F)n2)cs1. The Morgan fingerprint density at radius 3 is 2.80 bits per heavy atom. The van der Waals surface area contributed by atoms with Gasteiger partial charge in [-0.15, -0.1) is 11.3 Å². The number of halogens is 1. The number of thiazole rings is 1. The number of hydrogen-bond donors (Lipinski definition) is 1. The lowest BCUT2D eigenvalue weighted by Crippen LogP contribution is -2.29. The Labute approximate surface area is 147 Å². The van der Waals surface area contributed by atoms with E-state index in [1.165, 1.54) is 41.7 Å². The normalized spacial score (nSPS) is 10.6. The molecule has 2 heterocycles. The summed E-state index contributed by atoms with van der Waals surface area (Å²) in [6, 6.07) is 8.25. The number of aryl methyl sites for hydroxylation is 1. The zero-order valence-electron chi connectivity index (χ0n) is 13.4. The van der Waals surface area contributed by atoms with Gasteiger partial charge in [0.2, 0.25) is 0 Å². The van der Waals surface area contributed by atoms with E-state index in [0.29, 0.717) is 0 Å². The summed E-state index contributed by atoms with van der Waals surface area (Å²) in [4.78, 5) is 28.6. The molecule has 2 aromatic heterocycles. The second-order valence-electron chi connectivity index (χ2n) is 5.19. The van der Waals surface area contributed by atoms with E-state index < -0.39 is 17.3 Å². The fourth-order valence-corrected chi connectivity index (χ4v) is 2.93. The number of carbonyl (C=O) groups is 1. The van der Waals surface area contributed by atoms with Crippen LogP contribution in [0.3, 0.4) is 0 Å². The van der Waals surface area contributed by atoms with Crippen LogP contribution in [-0.4, -0.2) is 20.7 Å². The summed E-state index contributed by atoms with van der Waals surface area (Å²) in [5.74, 6) is -1.06. The molecule has 0 saturated carbocycles. The molecule has 1 amide bonds. The number of para-hydroxylation sites is 1. The second kappa shape index (κ2) is 7.35. The van der Waals surface area contributed by atoms with Crippen molar-refractivity contribution in [3.63, 3.8) is 0 Å². The van der Waals surface area contributed by atoms with Gasteiger partial charge >= 0.3 is 0 Å². The molecule has 1 N–H and O–H groups in total. The van der Waals surface area contributed by atoms with Gasteiger partial charge in [-0.3, -0.25) is 9.59 Å². The van der Waals surface area contributed by atoms with Crippen LogP contribution >= 0.6 is 11.3 Å². The lowest BCUT2D eigenvalue weighted by molar-refractivity contribution is 0.0943. The van der Waals surface area contributed by atoms with E-state index in [1.54, 1.807) is 6.07 Å². The number of hydrogen-bond acceptors (Lipinski definition) is 5. The van der Waals surface area contributed by atoms with Gasteiger partial charge in [0.1, 0.15) is 17.2 Å². The topological polar surface area (TPSA) is 76.9 Å². The smallest absolute Gasteiger partial charge is 0.272 e. The Morgan fingerprint density at radius 2 is 2.08 bits per heavy atom. The highest BCUT2D eigenvalue weighted by molar-refractivity contribution is 7.09. The third-order valence-corrected chi connectivity index (χ3v) is 4.49. The van der Waals surface area contributed by atoms with E-state index in [1.807, 2.05) is 12.3 Å². The average molecular weight is 358 g/mol. The predicted octanol–water partition coefficient (Wildman–Crippen LogP) is 2.32. The number of carbonyl (C=O) groups excluding carboxylic acids is 1. The number of aromatic nitrogens is 3. The number of rotatable bonds is 5. The number of nitrogens with zero attached hydrogens (tertiary/aromatic N) is 3. The van der Waals surface area contributed by atoms with Crippen LogP contribution in [0.2, 0.25) is 0 Å². The minimum Gasteiger partial charge on any atom is -0.345 e. The molecule has 0 unspecified atom stereocenters. The fourth-order valence-electron chi connectivity index (χ4n) is 2.18. The summed E-state index contributed by atoms with van der Waals surface area (Å²) in [6.07, 6.45) is 0.841. The molecule has 3 rings (SSSR count). The van der Waals surface area contributed by atoms with Crippen molar-refractivity contribution in [3.8, 4) is 5.69 Å². The monoisotopic (exact) mass is 358 g/mol. The summed E-state index contributed by atoms with van der Waals surface area (Å²) < 4.78 is 14.8. The maximum atomic E-state index is 13.9. The van der Waals surface area contributed by atoms with Gasteiger partial charge in [0, 0.05) is 11.4 Å². The fraction of sp³-hybridized carbons (Fsp3) is 0.176. The van der Waals surface area contributed by atoms with Crippen molar-refractivity contribution >= 4 is 17.2 Å². The average Bonchev–Trinajstić information content (AvgIpc) is 3.09. The molecule has 0 aliphatic carbocycles. The van der Waals surface area contributed by atoms with Crippen LogP contribution in [0.25, 0.3) is 5.69 Å². The van der Waals surface area contributed by atoms with Crippen molar-refractivity contribution in [2.45, 2.75) is 19.9 Å². The second-order valence-corrected chi connectivity index (χ2v) is 6.13. The molecule has 0 spiro atoms. The van der Waals surface area contributed by atoms with E-state index >= 15 is 0 Å². The van der Waals surface area contributed by atoms with Crippen LogP contribution in [0.15, 0.2) is 46.6 Å². The van der Waals surface area contributed by atoms with E-state index in [4.69, 9.17) is 0 Å². The summed E-state index contributed by atoms with van der Waals surface area (Å²) in [6.45, 7) is 2.27.